The second-order valence-electron chi connectivity index (χ2n) is 6.92. The molecule has 2 aliphatic carbocycles. The SMILES string of the molecule is O=C(O)C1CCC(C(=O)N2CCC3CCCCC3C2)C1. The van der Waals surface area contributed by atoms with E-state index >= 15 is 0 Å². The van der Waals surface area contributed by atoms with Crippen LogP contribution in [0.25, 0.3) is 0 Å². The quantitative estimate of drug-likeness (QED) is 0.845. The molecule has 0 aromatic carbocycles. The summed E-state index contributed by atoms with van der Waals surface area (Å²) < 4.78 is 0. The summed E-state index contributed by atoms with van der Waals surface area (Å²) in [6, 6.07) is 0. The van der Waals surface area contributed by atoms with Gasteiger partial charge in [-0.05, 0) is 43.9 Å². The van der Waals surface area contributed by atoms with E-state index in [2.05, 4.69) is 0 Å². The number of nitrogens with zero attached hydrogens (tertiary/aromatic N) is 1. The Morgan fingerprint density at radius 1 is 0.900 bits per heavy atom. The maximum absolute atomic E-state index is 12.6. The van der Waals surface area contributed by atoms with Gasteiger partial charge < -0.3 is 10.0 Å². The van der Waals surface area contributed by atoms with Crippen molar-refractivity contribution >= 4 is 11.9 Å². The fourth-order valence-corrected chi connectivity index (χ4v) is 4.49. The first-order valence-electron chi connectivity index (χ1n) is 8.16. The highest BCUT2D eigenvalue weighted by Crippen LogP contribution is 2.38. The molecule has 4 nitrogen and oxygen atoms in total. The molecule has 4 heteroatoms. The van der Waals surface area contributed by atoms with Gasteiger partial charge in [-0.3, -0.25) is 9.59 Å². The lowest BCUT2D eigenvalue weighted by Gasteiger charge is -2.42. The Bertz CT molecular complexity index is 395. The zero-order valence-corrected chi connectivity index (χ0v) is 12.1. The van der Waals surface area contributed by atoms with Gasteiger partial charge >= 0.3 is 5.97 Å². The van der Waals surface area contributed by atoms with Crippen molar-refractivity contribution in [2.24, 2.45) is 23.7 Å². The predicted molar refractivity (Wildman–Crippen MR) is 75.1 cm³/mol. The molecule has 0 aromatic heterocycles. The monoisotopic (exact) mass is 279 g/mol. The van der Waals surface area contributed by atoms with Gasteiger partial charge in [0.2, 0.25) is 5.91 Å². The molecule has 1 amide bonds. The summed E-state index contributed by atoms with van der Waals surface area (Å²) in [5.74, 6) is 0.720. The minimum Gasteiger partial charge on any atom is -0.481 e. The minimum atomic E-state index is -0.730. The van der Waals surface area contributed by atoms with Crippen molar-refractivity contribution in [3.63, 3.8) is 0 Å². The Morgan fingerprint density at radius 2 is 1.60 bits per heavy atom. The van der Waals surface area contributed by atoms with E-state index in [0.717, 1.165) is 31.8 Å². The summed E-state index contributed by atoms with van der Waals surface area (Å²) in [4.78, 5) is 25.6. The zero-order valence-electron chi connectivity index (χ0n) is 12.1. The van der Waals surface area contributed by atoms with Crippen LogP contribution in [0.15, 0.2) is 0 Å². The number of rotatable bonds is 2. The van der Waals surface area contributed by atoms with Gasteiger partial charge in [0, 0.05) is 19.0 Å². The summed E-state index contributed by atoms with van der Waals surface area (Å²) in [7, 11) is 0. The predicted octanol–water partition coefficient (Wildman–Crippen LogP) is 2.53. The number of aliphatic carboxylic acids is 1. The van der Waals surface area contributed by atoms with Gasteiger partial charge in [-0.1, -0.05) is 19.3 Å². The lowest BCUT2D eigenvalue weighted by molar-refractivity contribution is -0.142. The summed E-state index contributed by atoms with van der Waals surface area (Å²) in [6.07, 6.45) is 8.44. The van der Waals surface area contributed by atoms with Crippen molar-refractivity contribution in [3.05, 3.63) is 0 Å². The largest absolute Gasteiger partial charge is 0.481 e. The van der Waals surface area contributed by atoms with Crippen LogP contribution in [-0.2, 0) is 9.59 Å². The number of carboxylic acids is 1. The third-order valence-electron chi connectivity index (χ3n) is 5.73. The number of carbonyl (C=O) groups is 2. The van der Waals surface area contributed by atoms with Gasteiger partial charge in [0.25, 0.3) is 0 Å². The summed E-state index contributed by atoms with van der Waals surface area (Å²) in [5, 5.41) is 9.05. The number of carbonyl (C=O) groups excluding carboxylic acids is 1. The molecule has 1 N–H and O–H groups in total. The van der Waals surface area contributed by atoms with Crippen molar-refractivity contribution in [3.8, 4) is 0 Å². The van der Waals surface area contributed by atoms with E-state index in [-0.39, 0.29) is 17.7 Å². The number of likely N-dealkylation sites (tertiary alicyclic amines) is 1. The van der Waals surface area contributed by atoms with Crippen molar-refractivity contribution in [2.45, 2.75) is 51.4 Å². The molecular formula is C16H25NO3. The third-order valence-corrected chi connectivity index (χ3v) is 5.73. The van der Waals surface area contributed by atoms with Crippen LogP contribution in [0, 0.1) is 23.7 Å². The summed E-state index contributed by atoms with van der Waals surface area (Å²) >= 11 is 0. The van der Waals surface area contributed by atoms with Gasteiger partial charge in [-0.15, -0.1) is 0 Å². The Morgan fingerprint density at radius 3 is 2.30 bits per heavy atom. The number of hydrogen-bond acceptors (Lipinski definition) is 2. The van der Waals surface area contributed by atoms with Gasteiger partial charge in [-0.25, -0.2) is 0 Å². The highest BCUT2D eigenvalue weighted by atomic mass is 16.4. The van der Waals surface area contributed by atoms with Crippen LogP contribution in [0.1, 0.15) is 51.4 Å². The first-order chi connectivity index (χ1) is 9.65. The molecule has 1 saturated heterocycles. The smallest absolute Gasteiger partial charge is 0.306 e. The van der Waals surface area contributed by atoms with Crippen LogP contribution < -0.4 is 0 Å². The first kappa shape index (κ1) is 13.9. The molecular weight excluding hydrogens is 254 g/mol. The van der Waals surface area contributed by atoms with E-state index < -0.39 is 5.97 Å². The number of fused-ring (bicyclic) bond motifs is 1. The van der Waals surface area contributed by atoms with Crippen molar-refractivity contribution in [1.82, 2.24) is 4.90 Å². The second-order valence-corrected chi connectivity index (χ2v) is 6.92. The van der Waals surface area contributed by atoms with E-state index in [4.69, 9.17) is 5.11 Å². The van der Waals surface area contributed by atoms with Crippen molar-refractivity contribution < 1.29 is 14.7 Å². The first-order valence-corrected chi connectivity index (χ1v) is 8.16. The van der Waals surface area contributed by atoms with Crippen molar-refractivity contribution in [2.75, 3.05) is 13.1 Å². The zero-order chi connectivity index (χ0) is 14.1. The fraction of sp³-hybridized carbons (Fsp3) is 0.875. The highest BCUT2D eigenvalue weighted by Gasteiger charge is 2.39. The fourth-order valence-electron chi connectivity index (χ4n) is 4.49. The lowest BCUT2D eigenvalue weighted by atomic mass is 9.75. The number of hydrogen-bond donors (Lipinski definition) is 1. The van der Waals surface area contributed by atoms with E-state index in [1.54, 1.807) is 0 Å². The molecule has 3 aliphatic rings. The molecule has 4 atom stereocenters. The number of piperidine rings is 1. The average Bonchev–Trinajstić information content (AvgIpc) is 2.96. The van der Waals surface area contributed by atoms with Crippen LogP contribution in [0.5, 0.6) is 0 Å². The van der Waals surface area contributed by atoms with Crippen LogP contribution in [0.3, 0.4) is 0 Å². The molecule has 0 radical (unpaired) electrons. The average molecular weight is 279 g/mol. The third kappa shape index (κ3) is 2.70. The maximum atomic E-state index is 12.6. The molecule has 0 bridgehead atoms. The van der Waals surface area contributed by atoms with E-state index in [9.17, 15) is 9.59 Å². The number of amides is 1. The van der Waals surface area contributed by atoms with Crippen molar-refractivity contribution in [1.29, 1.82) is 0 Å². The molecule has 0 spiro atoms. The van der Waals surface area contributed by atoms with Gasteiger partial charge in [0.15, 0.2) is 0 Å². The summed E-state index contributed by atoms with van der Waals surface area (Å²) in [6.45, 7) is 1.83. The topological polar surface area (TPSA) is 57.6 Å². The van der Waals surface area contributed by atoms with Gasteiger partial charge in [0.05, 0.1) is 5.92 Å². The Kier molecular flexibility index (Phi) is 3.99. The normalized spacial score (nSPS) is 37.5. The molecule has 1 heterocycles. The Labute approximate surface area is 120 Å². The van der Waals surface area contributed by atoms with E-state index in [1.807, 2.05) is 4.90 Å². The van der Waals surface area contributed by atoms with Crippen LogP contribution in [-0.4, -0.2) is 35.0 Å². The van der Waals surface area contributed by atoms with E-state index in [0.29, 0.717) is 18.8 Å². The summed E-state index contributed by atoms with van der Waals surface area (Å²) in [5.41, 5.74) is 0. The van der Waals surface area contributed by atoms with Gasteiger partial charge in [-0.2, -0.15) is 0 Å². The lowest BCUT2D eigenvalue weighted by Crippen LogP contribution is -2.46. The molecule has 2 saturated carbocycles. The Hall–Kier alpha value is -1.06. The highest BCUT2D eigenvalue weighted by molar-refractivity contribution is 5.81. The molecule has 20 heavy (non-hydrogen) atoms. The molecule has 1 aliphatic heterocycles. The molecule has 112 valence electrons. The Balaban J connectivity index is 1.57. The van der Waals surface area contributed by atoms with Crippen LogP contribution >= 0.6 is 0 Å². The van der Waals surface area contributed by atoms with Crippen LogP contribution in [0.4, 0.5) is 0 Å². The molecule has 3 rings (SSSR count). The van der Waals surface area contributed by atoms with Crippen LogP contribution in [0.2, 0.25) is 0 Å². The van der Waals surface area contributed by atoms with E-state index in [1.165, 1.54) is 25.7 Å². The number of carboxylic acid groups (broad SMARTS) is 1. The molecule has 4 unspecified atom stereocenters. The molecule has 0 aromatic rings. The standard InChI is InChI=1S/C16H25NO3/c18-15(12-5-6-13(9-12)16(19)20)17-8-7-11-3-1-2-4-14(11)10-17/h11-14H,1-10H2,(H,19,20). The minimum absolute atomic E-state index is 0.0313. The maximum Gasteiger partial charge on any atom is 0.306 e. The molecule has 3 fully saturated rings. The van der Waals surface area contributed by atoms with Gasteiger partial charge in [0.1, 0.15) is 0 Å². The second kappa shape index (κ2) is 5.74.